The maximum Gasteiger partial charge on any atom is 0.0707 e. The third-order valence-corrected chi connectivity index (χ3v) is 2.10. The second-order valence-corrected chi connectivity index (χ2v) is 4.06. The second kappa shape index (κ2) is 3.29. The van der Waals surface area contributed by atoms with E-state index >= 15 is 0 Å². The topological polar surface area (TPSA) is 63.3 Å². The van der Waals surface area contributed by atoms with Crippen molar-refractivity contribution in [3.8, 4) is 0 Å². The van der Waals surface area contributed by atoms with Crippen molar-refractivity contribution in [3.05, 3.63) is 0 Å². The standard InChI is InChI=1S/C5H13NO2S/c1-5(2,7)3-9(8)4-6/h7H,3-4,6H2,1-2H3. The molecule has 4 heteroatoms. The molecular formula is C5H13NO2S. The molecule has 0 aromatic carbocycles. The van der Waals surface area contributed by atoms with Crippen molar-refractivity contribution in [2.75, 3.05) is 11.6 Å². The van der Waals surface area contributed by atoms with E-state index in [1.54, 1.807) is 13.8 Å². The zero-order chi connectivity index (χ0) is 7.49. The molecule has 0 saturated carbocycles. The number of aliphatic hydroxyl groups is 1. The van der Waals surface area contributed by atoms with Crippen molar-refractivity contribution < 1.29 is 9.32 Å². The van der Waals surface area contributed by atoms with Crippen molar-refractivity contribution in [2.45, 2.75) is 19.4 Å². The predicted molar refractivity (Wildman–Crippen MR) is 38.4 cm³/mol. The molecule has 0 heterocycles. The van der Waals surface area contributed by atoms with Gasteiger partial charge in [0, 0.05) is 10.8 Å². The van der Waals surface area contributed by atoms with Crippen LogP contribution in [0.15, 0.2) is 0 Å². The minimum atomic E-state index is -1.07. The molecule has 56 valence electrons. The Morgan fingerprint density at radius 3 is 2.22 bits per heavy atom. The minimum absolute atomic E-state index is 0.129. The summed E-state index contributed by atoms with van der Waals surface area (Å²) < 4.78 is 10.7. The molecule has 0 aliphatic carbocycles. The molecule has 0 spiro atoms. The largest absolute Gasteiger partial charge is 0.390 e. The summed E-state index contributed by atoms with van der Waals surface area (Å²) in [4.78, 5) is 0. The highest BCUT2D eigenvalue weighted by Gasteiger charge is 2.15. The summed E-state index contributed by atoms with van der Waals surface area (Å²) in [6.07, 6.45) is 0. The monoisotopic (exact) mass is 151 g/mol. The van der Waals surface area contributed by atoms with Gasteiger partial charge in [0.2, 0.25) is 0 Å². The average Bonchev–Trinajstić information content (AvgIpc) is 1.62. The summed E-state index contributed by atoms with van der Waals surface area (Å²) >= 11 is 0. The van der Waals surface area contributed by atoms with Crippen LogP contribution >= 0.6 is 0 Å². The normalized spacial score (nSPS) is 15.6. The molecule has 0 rings (SSSR count). The number of nitrogens with two attached hydrogens (primary N) is 1. The molecule has 0 amide bonds. The zero-order valence-corrected chi connectivity index (χ0v) is 6.57. The van der Waals surface area contributed by atoms with Gasteiger partial charge in [-0.3, -0.25) is 4.21 Å². The van der Waals surface area contributed by atoms with Crippen molar-refractivity contribution >= 4 is 10.8 Å². The molecule has 0 aromatic heterocycles. The van der Waals surface area contributed by atoms with Gasteiger partial charge in [-0.25, -0.2) is 0 Å². The molecule has 3 N–H and O–H groups in total. The van der Waals surface area contributed by atoms with E-state index in [1.165, 1.54) is 0 Å². The Hall–Kier alpha value is 0.0700. The lowest BCUT2D eigenvalue weighted by molar-refractivity contribution is 0.106. The Morgan fingerprint density at radius 1 is 1.67 bits per heavy atom. The van der Waals surface area contributed by atoms with E-state index in [2.05, 4.69) is 0 Å². The van der Waals surface area contributed by atoms with Crippen LogP contribution in [0.1, 0.15) is 13.8 Å². The summed E-state index contributed by atoms with van der Waals surface area (Å²) in [5, 5.41) is 9.07. The van der Waals surface area contributed by atoms with E-state index in [4.69, 9.17) is 10.8 Å². The van der Waals surface area contributed by atoms with E-state index in [0.29, 0.717) is 0 Å². The van der Waals surface area contributed by atoms with Gasteiger partial charge in [0.05, 0.1) is 17.2 Å². The van der Waals surface area contributed by atoms with Crippen LogP contribution in [-0.4, -0.2) is 26.5 Å². The van der Waals surface area contributed by atoms with Gasteiger partial charge in [-0.15, -0.1) is 0 Å². The van der Waals surface area contributed by atoms with E-state index in [1.807, 2.05) is 0 Å². The molecular weight excluding hydrogens is 138 g/mol. The van der Waals surface area contributed by atoms with Gasteiger partial charge in [-0.05, 0) is 13.8 Å². The number of hydrogen-bond acceptors (Lipinski definition) is 3. The van der Waals surface area contributed by atoms with Gasteiger partial charge < -0.3 is 10.8 Å². The van der Waals surface area contributed by atoms with Crippen molar-refractivity contribution in [1.82, 2.24) is 0 Å². The molecule has 0 saturated heterocycles. The Bertz CT molecular complexity index is 108. The van der Waals surface area contributed by atoms with Crippen molar-refractivity contribution in [1.29, 1.82) is 0 Å². The van der Waals surface area contributed by atoms with Gasteiger partial charge in [0.15, 0.2) is 0 Å². The lowest BCUT2D eigenvalue weighted by atomic mass is 10.2. The summed E-state index contributed by atoms with van der Waals surface area (Å²) in [5.74, 6) is 0.382. The van der Waals surface area contributed by atoms with E-state index < -0.39 is 16.4 Å². The summed E-state index contributed by atoms with van der Waals surface area (Å²) in [6, 6.07) is 0. The molecule has 0 fully saturated rings. The van der Waals surface area contributed by atoms with E-state index in [-0.39, 0.29) is 11.6 Å². The van der Waals surface area contributed by atoms with Crippen LogP contribution in [0.3, 0.4) is 0 Å². The first-order valence-corrected chi connectivity index (χ1v) is 4.22. The van der Waals surface area contributed by atoms with Gasteiger partial charge in [0.25, 0.3) is 0 Å². The van der Waals surface area contributed by atoms with Crippen LogP contribution in [0.25, 0.3) is 0 Å². The third-order valence-electron chi connectivity index (χ3n) is 0.700. The highest BCUT2D eigenvalue weighted by Crippen LogP contribution is 2.01. The zero-order valence-electron chi connectivity index (χ0n) is 5.76. The predicted octanol–water partition coefficient (Wildman–Crippen LogP) is -0.578. The minimum Gasteiger partial charge on any atom is -0.390 e. The summed E-state index contributed by atoms with van der Waals surface area (Å²) in [5.41, 5.74) is 4.21. The fourth-order valence-corrected chi connectivity index (χ4v) is 1.36. The van der Waals surface area contributed by atoms with Crippen molar-refractivity contribution in [3.63, 3.8) is 0 Å². The highest BCUT2D eigenvalue weighted by molar-refractivity contribution is 7.84. The molecule has 0 aromatic rings. The molecule has 0 aliphatic rings. The lowest BCUT2D eigenvalue weighted by Crippen LogP contribution is -2.29. The highest BCUT2D eigenvalue weighted by atomic mass is 32.2. The Labute approximate surface area is 57.7 Å². The average molecular weight is 151 g/mol. The molecule has 9 heavy (non-hydrogen) atoms. The number of rotatable bonds is 3. The van der Waals surface area contributed by atoms with Crippen LogP contribution in [0, 0.1) is 0 Å². The van der Waals surface area contributed by atoms with E-state index in [0.717, 1.165) is 0 Å². The maximum atomic E-state index is 10.7. The smallest absolute Gasteiger partial charge is 0.0707 e. The Morgan fingerprint density at radius 2 is 2.11 bits per heavy atom. The Kier molecular flexibility index (Phi) is 3.32. The number of hydrogen-bond donors (Lipinski definition) is 2. The molecule has 0 aliphatic heterocycles. The summed E-state index contributed by atoms with van der Waals surface area (Å²) in [7, 11) is -1.07. The van der Waals surface area contributed by atoms with Gasteiger partial charge in [-0.2, -0.15) is 0 Å². The Balaban J connectivity index is 3.60. The van der Waals surface area contributed by atoms with Crippen LogP contribution in [0.5, 0.6) is 0 Å². The molecule has 1 unspecified atom stereocenters. The first kappa shape index (κ1) is 9.07. The fraction of sp³-hybridized carbons (Fsp3) is 1.00. The first-order valence-electron chi connectivity index (χ1n) is 2.73. The molecule has 1 atom stereocenters. The molecule has 0 bridgehead atoms. The van der Waals surface area contributed by atoms with Crippen LogP contribution in [-0.2, 0) is 10.8 Å². The van der Waals surface area contributed by atoms with Crippen LogP contribution in [0.4, 0.5) is 0 Å². The molecule has 3 nitrogen and oxygen atoms in total. The quantitative estimate of drug-likeness (QED) is 0.567. The third kappa shape index (κ3) is 5.95. The molecule has 0 radical (unpaired) electrons. The van der Waals surface area contributed by atoms with E-state index in [9.17, 15) is 4.21 Å². The second-order valence-electron chi connectivity index (χ2n) is 2.56. The van der Waals surface area contributed by atoms with Crippen molar-refractivity contribution in [2.24, 2.45) is 5.73 Å². The summed E-state index contributed by atoms with van der Waals surface area (Å²) in [6.45, 7) is 3.22. The van der Waals surface area contributed by atoms with Gasteiger partial charge in [-0.1, -0.05) is 0 Å². The van der Waals surface area contributed by atoms with Gasteiger partial charge in [0.1, 0.15) is 0 Å². The first-order chi connectivity index (χ1) is 3.95. The van der Waals surface area contributed by atoms with Crippen LogP contribution < -0.4 is 5.73 Å². The van der Waals surface area contributed by atoms with Crippen LogP contribution in [0.2, 0.25) is 0 Å². The van der Waals surface area contributed by atoms with Gasteiger partial charge >= 0.3 is 0 Å². The maximum absolute atomic E-state index is 10.7. The fourth-order valence-electron chi connectivity index (χ4n) is 0.453. The SMILES string of the molecule is CC(C)(O)CS(=O)CN. The lowest BCUT2D eigenvalue weighted by Gasteiger charge is -2.14.